The number of aryl methyl sites for hydroxylation is 1. The Hall–Kier alpha value is -1.50. The second-order valence-electron chi connectivity index (χ2n) is 4.94. The predicted octanol–water partition coefficient (Wildman–Crippen LogP) is 0.174. The molecule has 1 amide bonds. The molecule has 7 nitrogen and oxygen atoms in total. The smallest absolute Gasteiger partial charge is 0.270 e. The number of anilines is 1. The highest BCUT2D eigenvalue weighted by Gasteiger charge is 2.22. The Balaban J connectivity index is 1.79. The molecule has 100 valence electrons. The zero-order valence-electron chi connectivity index (χ0n) is 10.9. The van der Waals surface area contributed by atoms with Gasteiger partial charge < -0.3 is 5.32 Å². The van der Waals surface area contributed by atoms with Gasteiger partial charge in [0.25, 0.3) is 5.95 Å². The molecule has 2 unspecified atom stereocenters. The van der Waals surface area contributed by atoms with Crippen LogP contribution in [0.3, 0.4) is 0 Å². The molecule has 0 saturated carbocycles. The monoisotopic (exact) mass is 252 g/mol. The van der Waals surface area contributed by atoms with Crippen LogP contribution in [0, 0.1) is 11.8 Å². The summed E-state index contributed by atoms with van der Waals surface area (Å²) >= 11 is 0. The molecule has 0 aromatic carbocycles. The fraction of sp³-hybridized carbons (Fsp3) is 0.818. The summed E-state index contributed by atoms with van der Waals surface area (Å²) in [6, 6.07) is 0. The highest BCUT2D eigenvalue weighted by molar-refractivity contribution is 5.88. The van der Waals surface area contributed by atoms with E-state index in [1.165, 1.54) is 17.6 Å². The van der Waals surface area contributed by atoms with Crippen LogP contribution in [0.1, 0.15) is 26.2 Å². The molecular weight excluding hydrogens is 232 g/mol. The van der Waals surface area contributed by atoms with Crippen molar-refractivity contribution in [1.82, 2.24) is 25.5 Å². The molecule has 18 heavy (non-hydrogen) atoms. The summed E-state index contributed by atoms with van der Waals surface area (Å²) in [5.74, 6) is 1.19. The third-order valence-corrected chi connectivity index (χ3v) is 3.41. The van der Waals surface area contributed by atoms with Crippen LogP contribution >= 0.6 is 0 Å². The SMILES string of the molecule is CC(CC(=O)Nc1nnn(C)n1)C1CCCNC1. The van der Waals surface area contributed by atoms with E-state index in [1.807, 2.05) is 0 Å². The number of carbonyl (C=O) groups is 1. The fourth-order valence-electron chi connectivity index (χ4n) is 2.33. The number of hydrogen-bond donors (Lipinski definition) is 2. The highest BCUT2D eigenvalue weighted by atomic mass is 16.1. The minimum atomic E-state index is -0.0407. The number of piperidine rings is 1. The molecule has 1 fully saturated rings. The van der Waals surface area contributed by atoms with Crippen molar-refractivity contribution in [2.45, 2.75) is 26.2 Å². The molecule has 1 aromatic rings. The van der Waals surface area contributed by atoms with Crippen molar-refractivity contribution < 1.29 is 4.79 Å². The number of rotatable bonds is 4. The Labute approximate surface area is 106 Å². The number of tetrazole rings is 1. The van der Waals surface area contributed by atoms with Crippen molar-refractivity contribution in [2.75, 3.05) is 18.4 Å². The molecule has 2 heterocycles. The first kappa shape index (κ1) is 12.9. The molecule has 1 aliphatic rings. The van der Waals surface area contributed by atoms with Crippen molar-refractivity contribution in [1.29, 1.82) is 0 Å². The first-order chi connectivity index (χ1) is 8.65. The van der Waals surface area contributed by atoms with E-state index in [1.54, 1.807) is 7.05 Å². The molecule has 7 heteroatoms. The van der Waals surface area contributed by atoms with Gasteiger partial charge in [0.05, 0.1) is 7.05 Å². The van der Waals surface area contributed by atoms with Crippen LogP contribution in [0.25, 0.3) is 0 Å². The van der Waals surface area contributed by atoms with Crippen molar-refractivity contribution in [3.05, 3.63) is 0 Å². The first-order valence-corrected chi connectivity index (χ1v) is 6.39. The van der Waals surface area contributed by atoms with Crippen LogP contribution in [0.15, 0.2) is 0 Å². The minimum absolute atomic E-state index is 0.0407. The summed E-state index contributed by atoms with van der Waals surface area (Å²) in [7, 11) is 1.67. The van der Waals surface area contributed by atoms with Crippen LogP contribution in [0.2, 0.25) is 0 Å². The van der Waals surface area contributed by atoms with E-state index < -0.39 is 0 Å². The first-order valence-electron chi connectivity index (χ1n) is 6.39. The molecular formula is C11H20N6O. The van der Waals surface area contributed by atoms with Crippen LogP contribution in [0.5, 0.6) is 0 Å². The normalized spacial score (nSPS) is 21.6. The number of nitrogens with one attached hydrogen (secondary N) is 2. The lowest BCUT2D eigenvalue weighted by Gasteiger charge is -2.27. The van der Waals surface area contributed by atoms with Gasteiger partial charge in [-0.15, -0.1) is 5.10 Å². The lowest BCUT2D eigenvalue weighted by molar-refractivity contribution is -0.117. The molecule has 0 radical (unpaired) electrons. The molecule has 1 saturated heterocycles. The molecule has 2 atom stereocenters. The van der Waals surface area contributed by atoms with Gasteiger partial charge in [-0.2, -0.15) is 4.80 Å². The highest BCUT2D eigenvalue weighted by Crippen LogP contribution is 2.22. The van der Waals surface area contributed by atoms with Gasteiger partial charge in [0.15, 0.2) is 0 Å². The lowest BCUT2D eigenvalue weighted by Crippen LogP contribution is -2.34. The molecule has 0 spiro atoms. The summed E-state index contributed by atoms with van der Waals surface area (Å²) in [6.07, 6.45) is 2.90. The van der Waals surface area contributed by atoms with Crippen molar-refractivity contribution in [3.63, 3.8) is 0 Å². The molecule has 1 aromatic heterocycles. The standard InChI is InChI=1S/C11H20N6O/c1-8(9-4-3-5-12-7-9)6-10(18)13-11-14-16-17(2)15-11/h8-9,12H,3-7H2,1-2H3,(H,13,15,18). The molecule has 2 rings (SSSR count). The van der Waals surface area contributed by atoms with Crippen molar-refractivity contribution in [3.8, 4) is 0 Å². The quantitative estimate of drug-likeness (QED) is 0.798. The van der Waals surface area contributed by atoms with E-state index in [0.717, 1.165) is 13.1 Å². The van der Waals surface area contributed by atoms with Gasteiger partial charge in [0, 0.05) is 6.42 Å². The van der Waals surface area contributed by atoms with Crippen molar-refractivity contribution >= 4 is 11.9 Å². The maximum absolute atomic E-state index is 11.8. The second-order valence-corrected chi connectivity index (χ2v) is 4.94. The van der Waals surface area contributed by atoms with Crippen LogP contribution in [-0.2, 0) is 11.8 Å². The van der Waals surface area contributed by atoms with Gasteiger partial charge in [-0.05, 0) is 43.0 Å². The maximum Gasteiger partial charge on any atom is 0.270 e. The Morgan fingerprint density at radius 3 is 3.11 bits per heavy atom. The Morgan fingerprint density at radius 1 is 1.67 bits per heavy atom. The number of nitrogens with zero attached hydrogens (tertiary/aromatic N) is 4. The second kappa shape index (κ2) is 5.90. The third kappa shape index (κ3) is 3.49. The third-order valence-electron chi connectivity index (χ3n) is 3.41. The summed E-state index contributed by atoms with van der Waals surface area (Å²) in [5, 5.41) is 17.4. The van der Waals surface area contributed by atoms with Crippen LogP contribution < -0.4 is 10.6 Å². The van der Waals surface area contributed by atoms with Gasteiger partial charge in [-0.1, -0.05) is 12.0 Å². The maximum atomic E-state index is 11.8. The van der Waals surface area contributed by atoms with Gasteiger partial charge >= 0.3 is 0 Å². The fourth-order valence-corrected chi connectivity index (χ4v) is 2.33. The number of aromatic nitrogens is 4. The van der Waals surface area contributed by atoms with Gasteiger partial charge in [0.1, 0.15) is 0 Å². The van der Waals surface area contributed by atoms with E-state index in [4.69, 9.17) is 0 Å². The number of hydrogen-bond acceptors (Lipinski definition) is 5. The minimum Gasteiger partial charge on any atom is -0.316 e. The zero-order chi connectivity index (χ0) is 13.0. The van der Waals surface area contributed by atoms with E-state index in [-0.39, 0.29) is 11.9 Å². The summed E-state index contributed by atoms with van der Waals surface area (Å²) in [5.41, 5.74) is 0. The number of carbonyl (C=O) groups excluding carboxylic acids is 1. The molecule has 1 aliphatic heterocycles. The average Bonchev–Trinajstić information content (AvgIpc) is 2.75. The van der Waals surface area contributed by atoms with Crippen molar-refractivity contribution in [2.24, 2.45) is 18.9 Å². The Morgan fingerprint density at radius 2 is 2.50 bits per heavy atom. The summed E-state index contributed by atoms with van der Waals surface area (Å²) in [6.45, 7) is 4.23. The van der Waals surface area contributed by atoms with E-state index in [9.17, 15) is 4.79 Å². The molecule has 2 N–H and O–H groups in total. The van der Waals surface area contributed by atoms with Gasteiger partial charge in [-0.3, -0.25) is 10.1 Å². The zero-order valence-corrected chi connectivity index (χ0v) is 10.9. The average molecular weight is 252 g/mol. The largest absolute Gasteiger partial charge is 0.316 e. The van der Waals surface area contributed by atoms with E-state index >= 15 is 0 Å². The Bertz CT molecular complexity index is 398. The summed E-state index contributed by atoms with van der Waals surface area (Å²) < 4.78 is 0. The van der Waals surface area contributed by atoms with Crippen LogP contribution in [-0.4, -0.2) is 39.2 Å². The summed E-state index contributed by atoms with van der Waals surface area (Å²) in [4.78, 5) is 13.1. The molecule has 0 aliphatic carbocycles. The van der Waals surface area contributed by atoms with Gasteiger partial charge in [0.2, 0.25) is 5.91 Å². The van der Waals surface area contributed by atoms with Gasteiger partial charge in [-0.25, -0.2) is 0 Å². The predicted molar refractivity (Wildman–Crippen MR) is 66.8 cm³/mol. The van der Waals surface area contributed by atoms with Crippen LogP contribution in [0.4, 0.5) is 5.95 Å². The lowest BCUT2D eigenvalue weighted by atomic mass is 9.85. The number of amides is 1. The van der Waals surface area contributed by atoms with E-state index in [0.29, 0.717) is 18.3 Å². The Kier molecular flexibility index (Phi) is 4.24. The molecule has 0 bridgehead atoms. The van der Waals surface area contributed by atoms with E-state index in [2.05, 4.69) is 33.0 Å². The topological polar surface area (TPSA) is 84.7 Å².